The third kappa shape index (κ3) is 9.60. The Hall–Kier alpha value is 1.05. The number of hydrogen-bond donors (Lipinski definition) is 1. The average Bonchev–Trinajstić information content (AvgIpc) is 1.76. The molecule has 0 amide bonds. The van der Waals surface area contributed by atoms with E-state index >= 15 is 0 Å². The minimum Gasteiger partial charge on any atom is -0.390 e. The molecule has 0 aliphatic heterocycles. The first-order chi connectivity index (χ1) is 5.91. The summed E-state index contributed by atoms with van der Waals surface area (Å²) in [7, 11) is 0. The van der Waals surface area contributed by atoms with E-state index in [9.17, 15) is 5.11 Å². The van der Waals surface area contributed by atoms with Gasteiger partial charge in [0.05, 0.1) is 5.60 Å². The Morgan fingerprint density at radius 3 is 1.79 bits per heavy atom. The molecule has 5 heteroatoms. The van der Waals surface area contributed by atoms with Crippen LogP contribution >= 0.6 is 33.2 Å². The first kappa shape index (κ1) is 15.0. The second-order valence-corrected chi connectivity index (χ2v) is 14.5. The lowest BCUT2D eigenvalue weighted by atomic mass is 9.80. The highest BCUT2D eigenvalue weighted by Gasteiger charge is 2.32. The maximum absolute atomic E-state index is 9.70. The minimum atomic E-state index is -2.51. The molecule has 0 aromatic carbocycles. The summed E-state index contributed by atoms with van der Waals surface area (Å²) in [6, 6.07) is -1.85. The second-order valence-electron chi connectivity index (χ2n) is 5.27. The van der Waals surface area contributed by atoms with Gasteiger partial charge in [-0.3, -0.25) is 0 Å². The van der Waals surface area contributed by atoms with Crippen LogP contribution in [-0.2, 0) is 0 Å². The van der Waals surface area contributed by atoms with Crippen LogP contribution in [0.4, 0.5) is 0 Å². The molecule has 0 spiro atoms. The SMILES string of the molecule is CC(C)(O)CC(C)(C)CC[Si](Cl)(Cl)Cl. The zero-order chi connectivity index (χ0) is 11.6. The van der Waals surface area contributed by atoms with Gasteiger partial charge in [-0.1, -0.05) is 13.8 Å². The Morgan fingerprint density at radius 1 is 1.07 bits per heavy atom. The lowest BCUT2D eigenvalue weighted by molar-refractivity contribution is 0.0308. The van der Waals surface area contributed by atoms with Crippen molar-refractivity contribution in [2.24, 2.45) is 5.41 Å². The molecule has 0 aliphatic carbocycles. The summed E-state index contributed by atoms with van der Waals surface area (Å²) in [4.78, 5) is 0. The standard InChI is InChI=1S/C9H19Cl3OSi/c1-8(2,7-9(3,4)13)5-6-14(10,11)12/h13H,5-7H2,1-4H3. The Morgan fingerprint density at radius 2 is 1.50 bits per heavy atom. The van der Waals surface area contributed by atoms with Crippen LogP contribution < -0.4 is 0 Å². The summed E-state index contributed by atoms with van der Waals surface area (Å²) in [6.07, 6.45) is 1.56. The van der Waals surface area contributed by atoms with Gasteiger partial charge < -0.3 is 5.11 Å². The van der Waals surface area contributed by atoms with Gasteiger partial charge >= 0.3 is 6.00 Å². The Bertz CT molecular complexity index is 181. The van der Waals surface area contributed by atoms with Crippen LogP contribution in [0.5, 0.6) is 0 Å². The predicted molar refractivity (Wildman–Crippen MR) is 67.4 cm³/mol. The molecule has 0 saturated carbocycles. The normalized spacial score (nSPS) is 14.6. The Balaban J connectivity index is 4.09. The maximum Gasteiger partial charge on any atom is 0.341 e. The van der Waals surface area contributed by atoms with Crippen molar-refractivity contribution in [1.82, 2.24) is 0 Å². The fourth-order valence-electron chi connectivity index (χ4n) is 1.74. The van der Waals surface area contributed by atoms with Gasteiger partial charge in [-0.2, -0.15) is 0 Å². The molecule has 0 atom stereocenters. The van der Waals surface area contributed by atoms with Crippen LogP contribution in [0.25, 0.3) is 0 Å². The minimum absolute atomic E-state index is 0.0230. The zero-order valence-electron chi connectivity index (χ0n) is 9.20. The molecule has 0 bridgehead atoms. The van der Waals surface area contributed by atoms with Crippen molar-refractivity contribution in [3.8, 4) is 0 Å². The predicted octanol–water partition coefficient (Wildman–Crippen LogP) is 4.22. The highest BCUT2D eigenvalue weighted by Crippen LogP contribution is 2.37. The molecule has 0 fully saturated rings. The summed E-state index contributed by atoms with van der Waals surface area (Å²) >= 11 is 17.5. The van der Waals surface area contributed by atoms with Gasteiger partial charge in [0.25, 0.3) is 0 Å². The average molecular weight is 278 g/mol. The molecule has 14 heavy (non-hydrogen) atoms. The van der Waals surface area contributed by atoms with E-state index < -0.39 is 11.6 Å². The molecule has 86 valence electrons. The fraction of sp³-hybridized carbons (Fsp3) is 1.00. The van der Waals surface area contributed by atoms with Gasteiger partial charge in [-0.05, 0) is 38.1 Å². The maximum atomic E-state index is 9.70. The number of hydrogen-bond acceptors (Lipinski definition) is 1. The second kappa shape index (κ2) is 4.92. The zero-order valence-corrected chi connectivity index (χ0v) is 12.5. The molecule has 0 rings (SSSR count). The van der Waals surface area contributed by atoms with Crippen LogP contribution in [0.1, 0.15) is 40.5 Å². The topological polar surface area (TPSA) is 20.2 Å². The summed E-state index contributed by atoms with van der Waals surface area (Å²) in [6.45, 7) is 7.80. The van der Waals surface area contributed by atoms with Crippen LogP contribution in [0, 0.1) is 5.41 Å². The highest BCUT2D eigenvalue weighted by atomic mass is 35.8. The van der Waals surface area contributed by atoms with E-state index in [0.29, 0.717) is 6.04 Å². The lowest BCUT2D eigenvalue weighted by Gasteiger charge is -2.32. The molecule has 0 heterocycles. The molecule has 0 unspecified atom stereocenters. The molecule has 1 N–H and O–H groups in total. The molecule has 1 nitrogen and oxygen atoms in total. The summed E-state index contributed by atoms with van der Waals surface area (Å²) in [5, 5.41) is 9.70. The molecule has 0 saturated heterocycles. The third-order valence-electron chi connectivity index (χ3n) is 2.00. The van der Waals surface area contributed by atoms with Crippen molar-refractivity contribution < 1.29 is 5.11 Å². The smallest absolute Gasteiger partial charge is 0.341 e. The highest BCUT2D eigenvalue weighted by molar-refractivity contribution is 7.64. The van der Waals surface area contributed by atoms with Gasteiger partial charge in [-0.25, -0.2) is 0 Å². The van der Waals surface area contributed by atoms with Crippen molar-refractivity contribution in [2.75, 3.05) is 0 Å². The lowest BCUT2D eigenvalue weighted by Crippen LogP contribution is -2.29. The van der Waals surface area contributed by atoms with Gasteiger partial charge in [0.1, 0.15) is 0 Å². The monoisotopic (exact) mass is 276 g/mol. The van der Waals surface area contributed by atoms with E-state index in [1.807, 2.05) is 13.8 Å². The van der Waals surface area contributed by atoms with E-state index in [0.717, 1.165) is 12.8 Å². The van der Waals surface area contributed by atoms with Crippen LogP contribution in [0.2, 0.25) is 6.04 Å². The Labute approximate surface area is 102 Å². The van der Waals surface area contributed by atoms with Crippen molar-refractivity contribution in [1.29, 1.82) is 0 Å². The van der Waals surface area contributed by atoms with Gasteiger partial charge in [-0.15, -0.1) is 33.2 Å². The van der Waals surface area contributed by atoms with Crippen LogP contribution in [0.15, 0.2) is 0 Å². The molecule has 0 aliphatic rings. The fourth-order valence-corrected chi connectivity index (χ4v) is 3.55. The number of aliphatic hydroxyl groups is 1. The van der Waals surface area contributed by atoms with Gasteiger partial charge in [0.2, 0.25) is 0 Å². The first-order valence-electron chi connectivity index (χ1n) is 4.70. The molecule has 0 aromatic heterocycles. The summed E-state index contributed by atoms with van der Waals surface area (Å²) < 4.78 is 0. The molecule has 0 aromatic rings. The van der Waals surface area contributed by atoms with Crippen molar-refractivity contribution >= 4 is 39.2 Å². The first-order valence-corrected chi connectivity index (χ1v) is 9.95. The third-order valence-corrected chi connectivity index (χ3v) is 4.51. The van der Waals surface area contributed by atoms with E-state index in [2.05, 4.69) is 13.8 Å². The van der Waals surface area contributed by atoms with Crippen molar-refractivity contribution in [3.05, 3.63) is 0 Å². The molecule has 0 radical (unpaired) electrons. The summed E-state index contributed by atoms with van der Waals surface area (Å²) in [5.41, 5.74) is -0.631. The van der Waals surface area contributed by atoms with E-state index in [-0.39, 0.29) is 5.41 Å². The van der Waals surface area contributed by atoms with Crippen LogP contribution in [-0.4, -0.2) is 16.7 Å². The number of rotatable bonds is 5. The molecular weight excluding hydrogens is 259 g/mol. The van der Waals surface area contributed by atoms with E-state index in [1.54, 1.807) is 0 Å². The Kier molecular flexibility index (Phi) is 5.29. The van der Waals surface area contributed by atoms with Gasteiger partial charge in [0, 0.05) is 0 Å². The van der Waals surface area contributed by atoms with Gasteiger partial charge in [0.15, 0.2) is 0 Å². The van der Waals surface area contributed by atoms with Crippen LogP contribution in [0.3, 0.4) is 0 Å². The summed E-state index contributed by atoms with van der Waals surface area (Å²) in [5.74, 6) is 0. The quantitative estimate of drug-likeness (QED) is 0.589. The molecular formula is C9H19Cl3OSi. The number of halogens is 3. The van der Waals surface area contributed by atoms with E-state index in [4.69, 9.17) is 33.2 Å². The van der Waals surface area contributed by atoms with Crippen molar-refractivity contribution in [3.63, 3.8) is 0 Å². The van der Waals surface area contributed by atoms with E-state index in [1.165, 1.54) is 0 Å². The largest absolute Gasteiger partial charge is 0.390 e. The van der Waals surface area contributed by atoms with Crippen molar-refractivity contribution in [2.45, 2.75) is 52.2 Å².